The molecule has 2 nitrogen and oxygen atoms in total. The summed E-state index contributed by atoms with van der Waals surface area (Å²) >= 11 is 3.43. The summed E-state index contributed by atoms with van der Waals surface area (Å²) in [6, 6.07) is 14.0. The summed E-state index contributed by atoms with van der Waals surface area (Å²) in [7, 11) is 0. The number of carbonyl (C=O) groups excluding carboxylic acids is 1. The fraction of sp³-hybridized carbons (Fsp3) is 0.133. The Kier molecular flexibility index (Phi) is 3.82. The maximum atomic E-state index is 11.2. The number of hydrogen-bond acceptors (Lipinski definition) is 1. The van der Waals surface area contributed by atoms with Crippen molar-refractivity contribution in [3.8, 4) is 11.1 Å². The van der Waals surface area contributed by atoms with Crippen molar-refractivity contribution in [2.24, 2.45) is 0 Å². The van der Waals surface area contributed by atoms with Gasteiger partial charge in [0.25, 0.3) is 0 Å². The van der Waals surface area contributed by atoms with Gasteiger partial charge in [-0.15, -0.1) is 0 Å². The Hall–Kier alpha value is -1.61. The van der Waals surface area contributed by atoms with Gasteiger partial charge in [0.2, 0.25) is 5.91 Å². The van der Waals surface area contributed by atoms with Gasteiger partial charge in [0.05, 0.1) is 0 Å². The second-order valence-corrected chi connectivity index (χ2v) is 5.10. The van der Waals surface area contributed by atoms with Crippen LogP contribution in [0.15, 0.2) is 46.9 Å². The van der Waals surface area contributed by atoms with E-state index in [1.807, 2.05) is 49.4 Å². The standard InChI is InChI=1S/C15H14BrNO/c1-10-4-3-5-14(17-11(2)18)15(10)12-6-8-13(16)9-7-12/h3-9H,1-2H3,(H,17,18). The predicted octanol–water partition coefficient (Wildman–Crippen LogP) is 4.38. The van der Waals surface area contributed by atoms with Crippen LogP contribution in [0.2, 0.25) is 0 Å². The molecular formula is C15H14BrNO. The van der Waals surface area contributed by atoms with Crippen LogP contribution in [-0.2, 0) is 4.79 Å². The van der Waals surface area contributed by atoms with Gasteiger partial charge in [-0.25, -0.2) is 0 Å². The van der Waals surface area contributed by atoms with E-state index in [1.54, 1.807) is 0 Å². The molecule has 0 fully saturated rings. The Labute approximate surface area is 115 Å². The minimum Gasteiger partial charge on any atom is -0.326 e. The van der Waals surface area contributed by atoms with Crippen molar-refractivity contribution < 1.29 is 4.79 Å². The van der Waals surface area contributed by atoms with Crippen LogP contribution in [0.5, 0.6) is 0 Å². The molecule has 18 heavy (non-hydrogen) atoms. The van der Waals surface area contributed by atoms with Crippen LogP contribution in [-0.4, -0.2) is 5.91 Å². The van der Waals surface area contributed by atoms with E-state index in [1.165, 1.54) is 6.92 Å². The molecular weight excluding hydrogens is 290 g/mol. The third-order valence-electron chi connectivity index (χ3n) is 2.72. The summed E-state index contributed by atoms with van der Waals surface area (Å²) in [4.78, 5) is 11.2. The lowest BCUT2D eigenvalue weighted by molar-refractivity contribution is -0.114. The number of nitrogens with one attached hydrogen (secondary N) is 1. The van der Waals surface area contributed by atoms with E-state index in [-0.39, 0.29) is 5.91 Å². The number of amides is 1. The van der Waals surface area contributed by atoms with Crippen molar-refractivity contribution in [1.82, 2.24) is 0 Å². The number of hydrogen-bond donors (Lipinski definition) is 1. The lowest BCUT2D eigenvalue weighted by Gasteiger charge is -2.13. The van der Waals surface area contributed by atoms with Gasteiger partial charge in [-0.3, -0.25) is 4.79 Å². The Balaban J connectivity index is 2.54. The van der Waals surface area contributed by atoms with E-state index in [2.05, 4.69) is 21.2 Å². The minimum atomic E-state index is -0.0565. The Morgan fingerprint density at radius 1 is 1.11 bits per heavy atom. The fourth-order valence-electron chi connectivity index (χ4n) is 1.96. The van der Waals surface area contributed by atoms with Gasteiger partial charge < -0.3 is 5.32 Å². The Morgan fingerprint density at radius 2 is 1.78 bits per heavy atom. The molecule has 2 aromatic rings. The monoisotopic (exact) mass is 303 g/mol. The molecule has 0 aliphatic heterocycles. The highest BCUT2D eigenvalue weighted by atomic mass is 79.9. The van der Waals surface area contributed by atoms with E-state index in [4.69, 9.17) is 0 Å². The summed E-state index contributed by atoms with van der Waals surface area (Å²) in [6.07, 6.45) is 0. The molecule has 1 amide bonds. The van der Waals surface area contributed by atoms with Crippen molar-refractivity contribution in [3.05, 3.63) is 52.5 Å². The highest BCUT2D eigenvalue weighted by molar-refractivity contribution is 9.10. The summed E-state index contributed by atoms with van der Waals surface area (Å²) in [5, 5.41) is 2.88. The second-order valence-electron chi connectivity index (χ2n) is 4.19. The predicted molar refractivity (Wildman–Crippen MR) is 78.6 cm³/mol. The number of benzene rings is 2. The smallest absolute Gasteiger partial charge is 0.221 e. The molecule has 1 N–H and O–H groups in total. The molecule has 0 atom stereocenters. The zero-order valence-corrected chi connectivity index (χ0v) is 11.9. The summed E-state index contributed by atoms with van der Waals surface area (Å²) in [6.45, 7) is 3.57. The van der Waals surface area contributed by atoms with E-state index in [0.29, 0.717) is 0 Å². The van der Waals surface area contributed by atoms with Gasteiger partial charge in [-0.2, -0.15) is 0 Å². The first kappa shape index (κ1) is 12.8. The average molecular weight is 304 g/mol. The zero-order valence-electron chi connectivity index (χ0n) is 10.3. The van der Waals surface area contributed by atoms with E-state index in [9.17, 15) is 4.79 Å². The van der Waals surface area contributed by atoms with Crippen LogP contribution in [0.4, 0.5) is 5.69 Å². The number of rotatable bonds is 2. The molecule has 0 aliphatic rings. The molecule has 0 radical (unpaired) electrons. The molecule has 0 heterocycles. The van der Waals surface area contributed by atoms with Gasteiger partial charge in [-0.05, 0) is 36.2 Å². The molecule has 0 bridgehead atoms. The maximum absolute atomic E-state index is 11.2. The molecule has 2 rings (SSSR count). The summed E-state index contributed by atoms with van der Waals surface area (Å²) in [5.41, 5.74) is 4.16. The van der Waals surface area contributed by atoms with Crippen LogP contribution >= 0.6 is 15.9 Å². The van der Waals surface area contributed by atoms with Gasteiger partial charge in [0.15, 0.2) is 0 Å². The van der Waals surface area contributed by atoms with Crippen molar-refractivity contribution in [3.63, 3.8) is 0 Å². The van der Waals surface area contributed by atoms with Crippen molar-refractivity contribution in [1.29, 1.82) is 0 Å². The molecule has 0 saturated carbocycles. The van der Waals surface area contributed by atoms with E-state index < -0.39 is 0 Å². The lowest BCUT2D eigenvalue weighted by atomic mass is 9.98. The lowest BCUT2D eigenvalue weighted by Crippen LogP contribution is -2.07. The number of carbonyl (C=O) groups is 1. The average Bonchev–Trinajstić information content (AvgIpc) is 2.30. The highest BCUT2D eigenvalue weighted by Gasteiger charge is 2.08. The van der Waals surface area contributed by atoms with Crippen LogP contribution < -0.4 is 5.32 Å². The van der Waals surface area contributed by atoms with Gasteiger partial charge in [-0.1, -0.05) is 40.2 Å². The minimum absolute atomic E-state index is 0.0565. The number of aryl methyl sites for hydroxylation is 1. The molecule has 2 aromatic carbocycles. The molecule has 0 saturated heterocycles. The molecule has 0 aliphatic carbocycles. The zero-order chi connectivity index (χ0) is 13.1. The number of anilines is 1. The third kappa shape index (κ3) is 2.79. The second kappa shape index (κ2) is 5.36. The first-order valence-electron chi connectivity index (χ1n) is 5.71. The molecule has 0 spiro atoms. The Bertz CT molecular complexity index is 576. The van der Waals surface area contributed by atoms with E-state index >= 15 is 0 Å². The normalized spacial score (nSPS) is 10.2. The van der Waals surface area contributed by atoms with Crippen molar-refractivity contribution in [2.45, 2.75) is 13.8 Å². The van der Waals surface area contributed by atoms with Crippen LogP contribution in [0, 0.1) is 6.92 Å². The number of halogens is 1. The first-order valence-corrected chi connectivity index (χ1v) is 6.50. The van der Waals surface area contributed by atoms with Crippen molar-refractivity contribution >= 4 is 27.5 Å². The quantitative estimate of drug-likeness (QED) is 0.876. The summed E-state index contributed by atoms with van der Waals surface area (Å²) < 4.78 is 1.04. The van der Waals surface area contributed by atoms with Crippen LogP contribution in [0.25, 0.3) is 11.1 Å². The molecule has 0 aromatic heterocycles. The summed E-state index contributed by atoms with van der Waals surface area (Å²) in [5.74, 6) is -0.0565. The SMILES string of the molecule is CC(=O)Nc1cccc(C)c1-c1ccc(Br)cc1. The maximum Gasteiger partial charge on any atom is 0.221 e. The molecule has 3 heteroatoms. The topological polar surface area (TPSA) is 29.1 Å². The van der Waals surface area contributed by atoms with Crippen LogP contribution in [0.1, 0.15) is 12.5 Å². The molecule has 92 valence electrons. The van der Waals surface area contributed by atoms with Gasteiger partial charge >= 0.3 is 0 Å². The highest BCUT2D eigenvalue weighted by Crippen LogP contribution is 2.32. The third-order valence-corrected chi connectivity index (χ3v) is 3.25. The van der Waals surface area contributed by atoms with Crippen molar-refractivity contribution in [2.75, 3.05) is 5.32 Å². The first-order chi connectivity index (χ1) is 8.58. The Morgan fingerprint density at radius 3 is 2.39 bits per heavy atom. The van der Waals surface area contributed by atoms with Crippen LogP contribution in [0.3, 0.4) is 0 Å². The largest absolute Gasteiger partial charge is 0.326 e. The fourth-order valence-corrected chi connectivity index (χ4v) is 2.23. The van der Waals surface area contributed by atoms with Gasteiger partial charge in [0.1, 0.15) is 0 Å². The van der Waals surface area contributed by atoms with E-state index in [0.717, 1.165) is 26.9 Å². The van der Waals surface area contributed by atoms with Gasteiger partial charge in [0, 0.05) is 22.6 Å². The molecule has 0 unspecified atom stereocenters.